The van der Waals surface area contributed by atoms with Crippen molar-refractivity contribution in [3.05, 3.63) is 52.4 Å². The molecule has 7 nitrogen and oxygen atoms in total. The zero-order valence-electron chi connectivity index (χ0n) is 14.9. The Morgan fingerprint density at radius 1 is 1.27 bits per heavy atom. The van der Waals surface area contributed by atoms with Crippen molar-refractivity contribution in [2.75, 3.05) is 17.8 Å². The summed E-state index contributed by atoms with van der Waals surface area (Å²) in [6, 6.07) is 10.6. The summed E-state index contributed by atoms with van der Waals surface area (Å²) in [4.78, 5) is 44.2. The number of aromatic amines is 1. The molecule has 0 spiro atoms. The van der Waals surface area contributed by atoms with Gasteiger partial charge in [0.25, 0.3) is 5.56 Å². The lowest BCUT2D eigenvalue weighted by Gasteiger charge is -2.26. The number of benzene rings is 1. The van der Waals surface area contributed by atoms with Gasteiger partial charge in [-0.05, 0) is 26.0 Å². The van der Waals surface area contributed by atoms with Gasteiger partial charge >= 0.3 is 5.97 Å². The Bertz CT molecular complexity index is 821. The summed E-state index contributed by atoms with van der Waals surface area (Å²) in [6.45, 7) is 3.87. The number of thioether (sulfide) groups is 1. The number of hydrogen-bond acceptors (Lipinski definition) is 6. The molecule has 0 aliphatic rings. The summed E-state index contributed by atoms with van der Waals surface area (Å²) in [5, 5.41) is 0.293. The Morgan fingerprint density at radius 2 is 1.96 bits per heavy atom. The van der Waals surface area contributed by atoms with E-state index in [0.29, 0.717) is 10.9 Å². The molecule has 1 N–H and O–H groups in total. The highest BCUT2D eigenvalue weighted by Crippen LogP contribution is 2.20. The van der Waals surface area contributed by atoms with Crippen LogP contribution in [0.2, 0.25) is 0 Å². The fourth-order valence-corrected chi connectivity index (χ4v) is 3.13. The van der Waals surface area contributed by atoms with E-state index >= 15 is 0 Å². The maximum absolute atomic E-state index is 12.7. The minimum Gasteiger partial charge on any atom is -0.469 e. The number of amides is 1. The fraction of sp³-hybridized carbons (Fsp3) is 0.333. The second-order valence-corrected chi connectivity index (χ2v) is 6.74. The number of rotatable bonds is 7. The monoisotopic (exact) mass is 375 g/mol. The molecule has 0 bridgehead atoms. The number of aromatic nitrogens is 2. The molecule has 0 saturated carbocycles. The van der Waals surface area contributed by atoms with E-state index in [2.05, 4.69) is 14.7 Å². The van der Waals surface area contributed by atoms with E-state index in [1.807, 2.05) is 44.2 Å². The van der Waals surface area contributed by atoms with Crippen molar-refractivity contribution in [3.63, 3.8) is 0 Å². The molecule has 1 aromatic heterocycles. The second-order valence-electron chi connectivity index (χ2n) is 5.78. The van der Waals surface area contributed by atoms with E-state index in [1.54, 1.807) is 4.90 Å². The van der Waals surface area contributed by atoms with E-state index in [9.17, 15) is 14.4 Å². The van der Waals surface area contributed by atoms with Crippen LogP contribution in [0.15, 0.2) is 46.3 Å². The van der Waals surface area contributed by atoms with Crippen LogP contribution in [0.25, 0.3) is 0 Å². The van der Waals surface area contributed by atoms with Crippen molar-refractivity contribution in [2.45, 2.75) is 31.5 Å². The molecule has 2 rings (SSSR count). The zero-order valence-corrected chi connectivity index (χ0v) is 15.7. The lowest BCUT2D eigenvalue weighted by molar-refractivity contribution is -0.139. The summed E-state index contributed by atoms with van der Waals surface area (Å²) >= 11 is 1.12. The average molecular weight is 375 g/mol. The third kappa shape index (κ3) is 5.45. The van der Waals surface area contributed by atoms with Crippen molar-refractivity contribution in [1.82, 2.24) is 9.97 Å². The minimum absolute atomic E-state index is 0.0110. The molecular weight excluding hydrogens is 354 g/mol. The van der Waals surface area contributed by atoms with Gasteiger partial charge in [-0.2, -0.15) is 0 Å². The number of anilines is 1. The quantitative estimate of drug-likeness (QED) is 0.452. The van der Waals surface area contributed by atoms with E-state index in [-0.39, 0.29) is 29.7 Å². The number of esters is 1. The molecule has 0 aliphatic heterocycles. The smallest absolute Gasteiger partial charge is 0.311 e. The molecule has 26 heavy (non-hydrogen) atoms. The van der Waals surface area contributed by atoms with Crippen molar-refractivity contribution in [3.8, 4) is 0 Å². The molecule has 0 atom stereocenters. The predicted octanol–water partition coefficient (Wildman–Crippen LogP) is 2.02. The van der Waals surface area contributed by atoms with Gasteiger partial charge in [-0.3, -0.25) is 14.4 Å². The number of carbonyl (C=O) groups is 2. The summed E-state index contributed by atoms with van der Waals surface area (Å²) in [6.07, 6.45) is -0.0932. The highest BCUT2D eigenvalue weighted by Gasteiger charge is 2.19. The van der Waals surface area contributed by atoms with Crippen molar-refractivity contribution in [2.24, 2.45) is 0 Å². The largest absolute Gasteiger partial charge is 0.469 e. The van der Waals surface area contributed by atoms with Gasteiger partial charge in [0.15, 0.2) is 5.16 Å². The van der Waals surface area contributed by atoms with E-state index in [1.165, 1.54) is 13.2 Å². The van der Waals surface area contributed by atoms with Crippen molar-refractivity contribution < 1.29 is 14.3 Å². The minimum atomic E-state index is -0.481. The lowest BCUT2D eigenvalue weighted by atomic mass is 10.2. The number of carbonyl (C=O) groups excluding carboxylic acids is 2. The molecule has 1 aromatic carbocycles. The van der Waals surface area contributed by atoms with Crippen LogP contribution in [0, 0.1) is 0 Å². The third-order valence-electron chi connectivity index (χ3n) is 3.48. The zero-order chi connectivity index (χ0) is 19.1. The summed E-state index contributed by atoms with van der Waals surface area (Å²) in [5.74, 6) is -0.472. The lowest BCUT2D eigenvalue weighted by Crippen LogP contribution is -2.38. The number of H-pyrrole nitrogens is 1. The van der Waals surface area contributed by atoms with Crippen LogP contribution in [0.3, 0.4) is 0 Å². The van der Waals surface area contributed by atoms with Gasteiger partial charge in [-0.1, -0.05) is 30.0 Å². The molecule has 2 aromatic rings. The van der Waals surface area contributed by atoms with Crippen LogP contribution in [-0.4, -0.2) is 40.7 Å². The number of hydrogen-bond donors (Lipinski definition) is 1. The van der Waals surface area contributed by atoms with E-state index in [0.717, 1.165) is 17.4 Å². The van der Waals surface area contributed by atoms with Crippen molar-refractivity contribution >= 4 is 29.3 Å². The molecule has 1 heterocycles. The highest BCUT2D eigenvalue weighted by atomic mass is 32.2. The standard InChI is InChI=1S/C18H21N3O4S/c1-12(2)21(14-7-5-4-6-8-14)16(23)11-26-18-19-13(9-15(22)20-18)10-17(24)25-3/h4-9,12H,10-11H2,1-3H3,(H,19,20,22). The molecule has 0 fully saturated rings. The van der Waals surface area contributed by atoms with Gasteiger partial charge in [0.05, 0.1) is 25.0 Å². The first-order valence-corrected chi connectivity index (χ1v) is 9.06. The Balaban J connectivity index is 2.10. The Morgan fingerprint density at radius 3 is 2.58 bits per heavy atom. The maximum atomic E-state index is 12.7. The number of ether oxygens (including phenoxy) is 1. The molecule has 8 heteroatoms. The van der Waals surface area contributed by atoms with Gasteiger partial charge in [0.2, 0.25) is 5.91 Å². The van der Waals surface area contributed by atoms with Crippen LogP contribution in [-0.2, 0) is 20.7 Å². The molecule has 0 aliphatic carbocycles. The van der Waals surface area contributed by atoms with Gasteiger partial charge in [0, 0.05) is 17.8 Å². The van der Waals surface area contributed by atoms with Crippen LogP contribution in [0.1, 0.15) is 19.5 Å². The van der Waals surface area contributed by atoms with Gasteiger partial charge in [-0.25, -0.2) is 4.98 Å². The number of methoxy groups -OCH3 is 1. The molecule has 0 saturated heterocycles. The van der Waals surface area contributed by atoms with Gasteiger partial charge in [0.1, 0.15) is 0 Å². The first-order chi connectivity index (χ1) is 12.4. The van der Waals surface area contributed by atoms with Gasteiger partial charge in [-0.15, -0.1) is 0 Å². The van der Waals surface area contributed by atoms with Crippen LogP contribution in [0.5, 0.6) is 0 Å². The molecule has 0 unspecified atom stereocenters. The van der Waals surface area contributed by atoms with E-state index in [4.69, 9.17) is 0 Å². The first-order valence-electron chi connectivity index (χ1n) is 8.07. The van der Waals surface area contributed by atoms with Crippen LogP contribution >= 0.6 is 11.8 Å². The number of para-hydroxylation sites is 1. The van der Waals surface area contributed by atoms with Crippen LogP contribution < -0.4 is 10.5 Å². The number of nitrogens with zero attached hydrogens (tertiary/aromatic N) is 2. The first kappa shape index (κ1) is 19.7. The van der Waals surface area contributed by atoms with Crippen LogP contribution in [0.4, 0.5) is 5.69 Å². The molecular formula is C18H21N3O4S. The number of nitrogens with one attached hydrogen (secondary N) is 1. The fourth-order valence-electron chi connectivity index (χ4n) is 2.38. The second kappa shape index (κ2) is 9.19. The average Bonchev–Trinajstić information content (AvgIpc) is 2.60. The Kier molecular flexibility index (Phi) is 6.97. The Labute approximate surface area is 155 Å². The Hall–Kier alpha value is -2.61. The SMILES string of the molecule is COC(=O)Cc1cc(=O)[nH]c(SCC(=O)N(c2ccccc2)C(C)C)n1. The summed E-state index contributed by atoms with van der Waals surface area (Å²) < 4.78 is 4.58. The molecule has 1 amide bonds. The van der Waals surface area contributed by atoms with E-state index < -0.39 is 5.97 Å². The summed E-state index contributed by atoms with van der Waals surface area (Å²) in [7, 11) is 1.27. The molecule has 0 radical (unpaired) electrons. The van der Waals surface area contributed by atoms with Gasteiger partial charge < -0.3 is 14.6 Å². The highest BCUT2D eigenvalue weighted by molar-refractivity contribution is 7.99. The summed E-state index contributed by atoms with van der Waals surface area (Å²) in [5.41, 5.74) is 0.742. The normalized spacial score (nSPS) is 10.6. The maximum Gasteiger partial charge on any atom is 0.311 e. The molecule has 138 valence electrons. The third-order valence-corrected chi connectivity index (χ3v) is 4.34. The topological polar surface area (TPSA) is 92.4 Å². The van der Waals surface area contributed by atoms with Crippen molar-refractivity contribution in [1.29, 1.82) is 0 Å². The predicted molar refractivity (Wildman–Crippen MR) is 100 cm³/mol.